The van der Waals surface area contributed by atoms with Crippen LogP contribution in [-0.4, -0.2) is 0 Å². The molecular weight excluding hydrogens is 346 g/mol. The third-order valence-corrected chi connectivity index (χ3v) is 6.45. The van der Waals surface area contributed by atoms with Gasteiger partial charge in [0, 0.05) is 12.1 Å². The molecule has 138 valence electrons. The number of allylic oxidation sites excluding steroid dienone is 3. The van der Waals surface area contributed by atoms with Gasteiger partial charge in [-0.25, -0.2) is 0 Å². The molecular formula is C25H28NS+. The van der Waals surface area contributed by atoms with Crippen LogP contribution in [0.4, 0.5) is 0 Å². The van der Waals surface area contributed by atoms with Crippen LogP contribution in [-0.2, 0) is 6.54 Å². The highest BCUT2D eigenvalue weighted by Gasteiger charge is 2.25. The van der Waals surface area contributed by atoms with Crippen LogP contribution in [0.3, 0.4) is 0 Å². The molecule has 0 atom stereocenters. The quantitative estimate of drug-likeness (QED) is 0.433. The molecule has 1 aromatic heterocycles. The van der Waals surface area contributed by atoms with Crippen molar-refractivity contribution in [2.75, 3.05) is 0 Å². The average Bonchev–Trinajstić information content (AvgIpc) is 2.96. The topological polar surface area (TPSA) is 3.88 Å². The monoisotopic (exact) mass is 374 g/mol. The third-order valence-electron chi connectivity index (χ3n) is 5.33. The summed E-state index contributed by atoms with van der Waals surface area (Å²) in [4.78, 5) is 0. The molecule has 0 unspecified atom stereocenters. The summed E-state index contributed by atoms with van der Waals surface area (Å²) in [5.41, 5.74) is 7.22. The van der Waals surface area contributed by atoms with Crippen LogP contribution in [0.15, 0.2) is 65.8 Å². The normalized spacial score (nSPS) is 18.1. The highest BCUT2D eigenvalue weighted by Crippen LogP contribution is 2.38. The molecule has 3 aromatic rings. The predicted octanol–water partition coefficient (Wildman–Crippen LogP) is 7.03. The van der Waals surface area contributed by atoms with Crippen LogP contribution in [0.1, 0.15) is 45.5 Å². The summed E-state index contributed by atoms with van der Waals surface area (Å²) in [5.74, 6) is 0. The lowest BCUT2D eigenvalue weighted by atomic mass is 9.75. The van der Waals surface area contributed by atoms with E-state index in [1.165, 1.54) is 43.9 Å². The van der Waals surface area contributed by atoms with Gasteiger partial charge in [0.2, 0.25) is 5.52 Å². The Morgan fingerprint density at radius 1 is 1.04 bits per heavy atom. The van der Waals surface area contributed by atoms with Gasteiger partial charge < -0.3 is 0 Å². The second kappa shape index (κ2) is 7.09. The van der Waals surface area contributed by atoms with Gasteiger partial charge in [-0.1, -0.05) is 73.2 Å². The van der Waals surface area contributed by atoms with E-state index in [4.69, 9.17) is 0 Å². The standard InChI is InChI=1S/C25H28NS/c1-5-26-22-15-21(20-9-7-6-8-10-20)11-12-23(22)27-24(26)14-19-13-18(2)16-25(3,4)17-19/h6-15H,5,16-17H2,1-4H3/q+1/b19-14+. The fourth-order valence-electron chi connectivity index (χ4n) is 4.38. The Bertz CT molecular complexity index is 1030. The molecule has 2 heteroatoms. The maximum absolute atomic E-state index is 2.46. The Labute approximate surface area is 166 Å². The molecule has 0 saturated heterocycles. The van der Waals surface area contributed by atoms with Crippen molar-refractivity contribution in [2.45, 2.75) is 47.1 Å². The van der Waals surface area contributed by atoms with Gasteiger partial charge >= 0.3 is 0 Å². The predicted molar refractivity (Wildman–Crippen MR) is 118 cm³/mol. The van der Waals surface area contributed by atoms with Crippen molar-refractivity contribution in [2.24, 2.45) is 5.41 Å². The maximum atomic E-state index is 2.46. The van der Waals surface area contributed by atoms with Gasteiger partial charge in [-0.15, -0.1) is 0 Å². The highest BCUT2D eigenvalue weighted by atomic mass is 32.1. The first-order valence-electron chi connectivity index (χ1n) is 9.85. The lowest BCUT2D eigenvalue weighted by Gasteiger charge is -2.29. The average molecular weight is 375 g/mol. The molecule has 0 spiro atoms. The van der Waals surface area contributed by atoms with Crippen LogP contribution < -0.4 is 4.57 Å². The fourth-order valence-corrected chi connectivity index (χ4v) is 5.57. The zero-order valence-corrected chi connectivity index (χ0v) is 17.6. The van der Waals surface area contributed by atoms with Crippen LogP contribution in [0.25, 0.3) is 27.4 Å². The minimum atomic E-state index is 0.360. The molecule has 1 heterocycles. The smallest absolute Gasteiger partial charge is 0.182 e. The minimum Gasteiger partial charge on any atom is -0.182 e. The first kappa shape index (κ1) is 18.2. The van der Waals surface area contributed by atoms with Gasteiger partial charge in [-0.3, -0.25) is 0 Å². The number of thiazole rings is 1. The Kier molecular flexibility index (Phi) is 4.77. The summed E-state index contributed by atoms with van der Waals surface area (Å²) in [5, 5.41) is 1.36. The summed E-state index contributed by atoms with van der Waals surface area (Å²) in [6.45, 7) is 10.3. The van der Waals surface area contributed by atoms with Crippen LogP contribution in [0.2, 0.25) is 0 Å². The van der Waals surface area contributed by atoms with Gasteiger partial charge in [0.25, 0.3) is 5.01 Å². The van der Waals surface area contributed by atoms with Crippen molar-refractivity contribution in [1.82, 2.24) is 0 Å². The first-order valence-corrected chi connectivity index (χ1v) is 10.7. The largest absolute Gasteiger partial charge is 0.263 e. The molecule has 1 aliphatic carbocycles. The van der Waals surface area contributed by atoms with E-state index >= 15 is 0 Å². The SMILES string of the molecule is CC[n+]1c(/C=C2\C=C(C)CC(C)(C)C2)sc2ccc(-c3ccccc3)cc21. The zero-order chi connectivity index (χ0) is 19.0. The van der Waals surface area contributed by atoms with Crippen molar-refractivity contribution >= 4 is 27.6 Å². The second-order valence-corrected chi connectivity index (χ2v) is 9.52. The van der Waals surface area contributed by atoms with Crippen molar-refractivity contribution in [3.63, 3.8) is 0 Å². The molecule has 2 aromatic carbocycles. The molecule has 0 bridgehead atoms. The van der Waals surface area contributed by atoms with Crippen LogP contribution in [0, 0.1) is 5.41 Å². The first-order chi connectivity index (χ1) is 12.9. The maximum Gasteiger partial charge on any atom is 0.263 e. The Hall–Kier alpha value is -2.19. The molecule has 1 aliphatic rings. The number of aryl methyl sites for hydroxylation is 1. The number of hydrogen-bond acceptors (Lipinski definition) is 1. The molecule has 0 N–H and O–H groups in total. The number of aromatic nitrogens is 1. The van der Waals surface area contributed by atoms with E-state index < -0.39 is 0 Å². The third kappa shape index (κ3) is 3.77. The van der Waals surface area contributed by atoms with E-state index in [0.717, 1.165) is 13.0 Å². The molecule has 0 aliphatic heterocycles. The van der Waals surface area contributed by atoms with E-state index in [0.29, 0.717) is 5.41 Å². The van der Waals surface area contributed by atoms with E-state index in [2.05, 4.69) is 92.9 Å². The summed E-state index contributed by atoms with van der Waals surface area (Å²) >= 11 is 1.90. The lowest BCUT2D eigenvalue weighted by molar-refractivity contribution is -0.665. The fraction of sp³-hybridized carbons (Fsp3) is 0.320. The van der Waals surface area contributed by atoms with Crippen LogP contribution >= 0.6 is 11.3 Å². The van der Waals surface area contributed by atoms with E-state index in [9.17, 15) is 0 Å². The Morgan fingerprint density at radius 2 is 1.81 bits per heavy atom. The molecule has 4 rings (SSSR count). The highest BCUT2D eigenvalue weighted by molar-refractivity contribution is 7.18. The van der Waals surface area contributed by atoms with Crippen molar-refractivity contribution < 1.29 is 4.57 Å². The van der Waals surface area contributed by atoms with E-state index in [-0.39, 0.29) is 0 Å². The van der Waals surface area contributed by atoms with Crippen molar-refractivity contribution in [1.29, 1.82) is 0 Å². The molecule has 0 saturated carbocycles. The number of hydrogen-bond donors (Lipinski definition) is 0. The molecule has 0 radical (unpaired) electrons. The van der Waals surface area contributed by atoms with Gasteiger partial charge in [0.1, 0.15) is 11.2 Å². The summed E-state index contributed by atoms with van der Waals surface area (Å²) < 4.78 is 3.82. The molecule has 0 amide bonds. The molecule has 1 nitrogen and oxygen atoms in total. The summed E-state index contributed by atoms with van der Waals surface area (Å²) in [6, 6.07) is 17.5. The summed E-state index contributed by atoms with van der Waals surface area (Å²) in [7, 11) is 0. The van der Waals surface area contributed by atoms with Gasteiger partial charge in [-0.05, 0) is 54.9 Å². The van der Waals surface area contributed by atoms with E-state index in [1.54, 1.807) is 0 Å². The number of benzene rings is 2. The Morgan fingerprint density at radius 3 is 2.52 bits per heavy atom. The number of rotatable bonds is 3. The molecule has 27 heavy (non-hydrogen) atoms. The Balaban J connectivity index is 1.80. The van der Waals surface area contributed by atoms with Crippen LogP contribution in [0.5, 0.6) is 0 Å². The molecule has 0 fully saturated rings. The lowest BCUT2D eigenvalue weighted by Crippen LogP contribution is -2.33. The van der Waals surface area contributed by atoms with Gasteiger partial charge in [-0.2, -0.15) is 4.57 Å². The van der Waals surface area contributed by atoms with Crippen molar-refractivity contribution in [3.8, 4) is 11.1 Å². The second-order valence-electron chi connectivity index (χ2n) is 8.46. The van der Waals surface area contributed by atoms with E-state index in [1.807, 2.05) is 11.3 Å². The van der Waals surface area contributed by atoms with Gasteiger partial charge in [0.05, 0.1) is 0 Å². The zero-order valence-electron chi connectivity index (χ0n) is 16.8. The summed E-state index contributed by atoms with van der Waals surface area (Å²) in [6.07, 6.45) is 7.16. The van der Waals surface area contributed by atoms with Crippen molar-refractivity contribution in [3.05, 3.63) is 70.8 Å². The minimum absolute atomic E-state index is 0.360. The van der Waals surface area contributed by atoms with Gasteiger partial charge in [0.15, 0.2) is 0 Å². The number of fused-ring (bicyclic) bond motifs is 1. The number of nitrogens with zero attached hydrogens (tertiary/aromatic N) is 1.